The normalized spacial score (nSPS) is 18.6. The first-order valence-corrected chi connectivity index (χ1v) is 7.26. The zero-order valence-corrected chi connectivity index (χ0v) is 12.4. The third-order valence-corrected chi connectivity index (χ3v) is 3.41. The molecule has 1 aliphatic heterocycles. The fourth-order valence-corrected chi connectivity index (χ4v) is 2.33. The predicted octanol–water partition coefficient (Wildman–Crippen LogP) is 1.83. The van der Waals surface area contributed by atoms with Gasteiger partial charge in [-0.1, -0.05) is 20.8 Å². The molecule has 0 saturated carbocycles. The molecule has 0 unspecified atom stereocenters. The fraction of sp³-hybridized carbons (Fsp3) is 0.600. The molecule has 0 amide bonds. The lowest BCUT2D eigenvalue weighted by atomic mass is 10.2. The molecule has 0 radical (unpaired) electrons. The molecule has 2 rings (SSSR count). The number of anilines is 1. The van der Waals surface area contributed by atoms with Crippen LogP contribution in [-0.4, -0.2) is 36.6 Å². The number of aromatic nitrogens is 1. The van der Waals surface area contributed by atoms with Gasteiger partial charge in [0.05, 0.1) is 5.92 Å². The summed E-state index contributed by atoms with van der Waals surface area (Å²) in [7, 11) is 0. The van der Waals surface area contributed by atoms with E-state index < -0.39 is 0 Å². The second-order valence-corrected chi connectivity index (χ2v) is 5.39. The topological polar surface area (TPSA) is 54.5 Å². The van der Waals surface area contributed by atoms with Crippen LogP contribution in [0.2, 0.25) is 0 Å². The van der Waals surface area contributed by atoms with Gasteiger partial charge in [-0.25, -0.2) is 4.98 Å². The van der Waals surface area contributed by atoms with Crippen LogP contribution in [0.1, 0.15) is 27.2 Å². The summed E-state index contributed by atoms with van der Waals surface area (Å²) in [6.07, 6.45) is 2.82. The monoisotopic (exact) mass is 277 g/mol. The Hall–Kier alpha value is -1.62. The van der Waals surface area contributed by atoms with E-state index in [1.165, 1.54) is 0 Å². The number of nitrogens with one attached hydrogen (secondary N) is 1. The SMILES string of the molecule is CCN[C@H]1CCN(c2ncccc2OC(=O)C(C)C)C1. The lowest BCUT2D eigenvalue weighted by Gasteiger charge is -2.20. The standard InChI is InChI=1S/C15H23N3O2/c1-4-16-12-7-9-18(10-12)14-13(6-5-8-17-14)20-15(19)11(2)3/h5-6,8,11-12,16H,4,7,9-10H2,1-3H3/t12-/m0/s1. The number of pyridine rings is 1. The lowest BCUT2D eigenvalue weighted by Crippen LogP contribution is -2.32. The minimum Gasteiger partial charge on any atom is -0.422 e. The van der Waals surface area contributed by atoms with Gasteiger partial charge in [-0.15, -0.1) is 0 Å². The Morgan fingerprint density at radius 1 is 1.60 bits per heavy atom. The molecule has 1 aromatic heterocycles. The molecule has 1 atom stereocenters. The summed E-state index contributed by atoms with van der Waals surface area (Å²) in [6.45, 7) is 8.57. The first-order valence-electron chi connectivity index (χ1n) is 7.26. The van der Waals surface area contributed by atoms with E-state index in [1.54, 1.807) is 12.3 Å². The molecule has 1 saturated heterocycles. The van der Waals surface area contributed by atoms with Gasteiger partial charge in [0.1, 0.15) is 0 Å². The number of carbonyl (C=O) groups is 1. The maximum absolute atomic E-state index is 11.8. The molecule has 5 heteroatoms. The highest BCUT2D eigenvalue weighted by atomic mass is 16.5. The molecular formula is C15H23N3O2. The van der Waals surface area contributed by atoms with Crippen molar-refractivity contribution in [2.24, 2.45) is 5.92 Å². The number of hydrogen-bond acceptors (Lipinski definition) is 5. The van der Waals surface area contributed by atoms with Crippen LogP contribution >= 0.6 is 0 Å². The van der Waals surface area contributed by atoms with E-state index in [0.29, 0.717) is 11.8 Å². The Morgan fingerprint density at radius 2 is 2.40 bits per heavy atom. The van der Waals surface area contributed by atoms with Crippen molar-refractivity contribution in [3.8, 4) is 5.75 Å². The molecular weight excluding hydrogens is 254 g/mol. The molecule has 1 aliphatic rings. The second kappa shape index (κ2) is 6.70. The van der Waals surface area contributed by atoms with Gasteiger partial charge in [0.15, 0.2) is 11.6 Å². The third kappa shape index (κ3) is 3.48. The molecule has 5 nitrogen and oxygen atoms in total. The summed E-state index contributed by atoms with van der Waals surface area (Å²) in [4.78, 5) is 18.3. The van der Waals surface area contributed by atoms with E-state index in [-0.39, 0.29) is 11.9 Å². The highest BCUT2D eigenvalue weighted by molar-refractivity contribution is 5.76. The van der Waals surface area contributed by atoms with Crippen molar-refractivity contribution >= 4 is 11.8 Å². The first-order chi connectivity index (χ1) is 9.61. The number of nitrogens with zero attached hydrogens (tertiary/aromatic N) is 2. The van der Waals surface area contributed by atoms with Crippen molar-refractivity contribution in [2.45, 2.75) is 33.2 Å². The molecule has 2 heterocycles. The number of likely N-dealkylation sites (N-methyl/N-ethyl adjacent to an activating group) is 1. The molecule has 1 aromatic rings. The molecule has 110 valence electrons. The quantitative estimate of drug-likeness (QED) is 0.832. The molecule has 0 spiro atoms. The van der Waals surface area contributed by atoms with Gasteiger partial charge >= 0.3 is 5.97 Å². The van der Waals surface area contributed by atoms with Crippen molar-refractivity contribution in [1.82, 2.24) is 10.3 Å². The number of hydrogen-bond donors (Lipinski definition) is 1. The Morgan fingerprint density at radius 3 is 3.10 bits per heavy atom. The molecule has 0 aromatic carbocycles. The van der Waals surface area contributed by atoms with E-state index in [9.17, 15) is 4.79 Å². The molecule has 0 aliphatic carbocycles. The predicted molar refractivity (Wildman–Crippen MR) is 79.0 cm³/mol. The summed E-state index contributed by atoms with van der Waals surface area (Å²) in [5, 5.41) is 3.45. The van der Waals surface area contributed by atoms with Crippen molar-refractivity contribution in [2.75, 3.05) is 24.5 Å². The van der Waals surface area contributed by atoms with Gasteiger partial charge in [-0.2, -0.15) is 0 Å². The van der Waals surface area contributed by atoms with Crippen LogP contribution in [0.25, 0.3) is 0 Å². The third-order valence-electron chi connectivity index (χ3n) is 3.41. The highest BCUT2D eigenvalue weighted by Crippen LogP contribution is 2.28. The van der Waals surface area contributed by atoms with E-state index in [4.69, 9.17) is 4.74 Å². The van der Waals surface area contributed by atoms with Gasteiger partial charge in [-0.05, 0) is 25.1 Å². The highest BCUT2D eigenvalue weighted by Gasteiger charge is 2.25. The maximum atomic E-state index is 11.8. The summed E-state index contributed by atoms with van der Waals surface area (Å²) >= 11 is 0. The van der Waals surface area contributed by atoms with Crippen LogP contribution in [0, 0.1) is 5.92 Å². The Kier molecular flexibility index (Phi) is 4.95. The molecule has 1 N–H and O–H groups in total. The van der Waals surface area contributed by atoms with Crippen LogP contribution in [0.5, 0.6) is 5.75 Å². The number of rotatable bonds is 5. The van der Waals surface area contributed by atoms with E-state index >= 15 is 0 Å². The minimum atomic E-state index is -0.221. The van der Waals surface area contributed by atoms with Gasteiger partial charge < -0.3 is 15.0 Å². The van der Waals surface area contributed by atoms with Crippen molar-refractivity contribution < 1.29 is 9.53 Å². The van der Waals surface area contributed by atoms with E-state index in [2.05, 4.69) is 22.1 Å². The zero-order chi connectivity index (χ0) is 14.5. The van der Waals surface area contributed by atoms with Gasteiger partial charge in [0.2, 0.25) is 0 Å². The Bertz CT molecular complexity index is 462. The second-order valence-electron chi connectivity index (χ2n) is 5.39. The zero-order valence-electron chi connectivity index (χ0n) is 12.4. The van der Waals surface area contributed by atoms with Gasteiger partial charge in [-0.3, -0.25) is 4.79 Å². The van der Waals surface area contributed by atoms with Crippen LogP contribution in [0.4, 0.5) is 5.82 Å². The van der Waals surface area contributed by atoms with Crippen molar-refractivity contribution in [3.63, 3.8) is 0 Å². The number of esters is 1. The average molecular weight is 277 g/mol. The fourth-order valence-electron chi connectivity index (χ4n) is 2.33. The van der Waals surface area contributed by atoms with Gasteiger partial charge in [0.25, 0.3) is 0 Å². The van der Waals surface area contributed by atoms with Crippen LogP contribution < -0.4 is 15.0 Å². The van der Waals surface area contributed by atoms with Crippen LogP contribution in [0.3, 0.4) is 0 Å². The molecule has 20 heavy (non-hydrogen) atoms. The summed E-state index contributed by atoms with van der Waals surface area (Å²) in [5.74, 6) is 0.961. The van der Waals surface area contributed by atoms with E-state index in [0.717, 1.165) is 31.9 Å². The largest absolute Gasteiger partial charge is 0.422 e. The molecule has 1 fully saturated rings. The van der Waals surface area contributed by atoms with E-state index in [1.807, 2.05) is 19.9 Å². The summed E-state index contributed by atoms with van der Waals surface area (Å²) in [5.41, 5.74) is 0. The van der Waals surface area contributed by atoms with Crippen LogP contribution in [0.15, 0.2) is 18.3 Å². The van der Waals surface area contributed by atoms with Gasteiger partial charge in [0, 0.05) is 25.3 Å². The Balaban J connectivity index is 2.10. The Labute approximate surface area is 120 Å². The maximum Gasteiger partial charge on any atom is 0.313 e. The van der Waals surface area contributed by atoms with Crippen LogP contribution in [-0.2, 0) is 4.79 Å². The smallest absolute Gasteiger partial charge is 0.313 e. The minimum absolute atomic E-state index is 0.142. The average Bonchev–Trinajstić information content (AvgIpc) is 2.88. The first kappa shape index (κ1) is 14.8. The van der Waals surface area contributed by atoms with Crippen molar-refractivity contribution in [3.05, 3.63) is 18.3 Å². The number of carbonyl (C=O) groups excluding carboxylic acids is 1. The molecule has 0 bridgehead atoms. The number of ether oxygens (including phenoxy) is 1. The van der Waals surface area contributed by atoms with Crippen molar-refractivity contribution in [1.29, 1.82) is 0 Å². The summed E-state index contributed by atoms with van der Waals surface area (Å²) in [6, 6.07) is 4.09. The summed E-state index contributed by atoms with van der Waals surface area (Å²) < 4.78 is 5.45. The lowest BCUT2D eigenvalue weighted by molar-refractivity contribution is -0.137.